The molecule has 1 unspecified atom stereocenters. The fourth-order valence-electron chi connectivity index (χ4n) is 4.29. The van der Waals surface area contributed by atoms with Gasteiger partial charge in [-0.1, -0.05) is 60.7 Å². The van der Waals surface area contributed by atoms with Crippen molar-refractivity contribution < 1.29 is 33.0 Å². The van der Waals surface area contributed by atoms with Crippen LogP contribution in [0.4, 0.5) is 0 Å². The summed E-state index contributed by atoms with van der Waals surface area (Å²) in [6.45, 7) is 5.29. The van der Waals surface area contributed by atoms with E-state index in [1.54, 1.807) is 51.1 Å². The van der Waals surface area contributed by atoms with Gasteiger partial charge >= 0.3 is 13.7 Å². The Kier molecular flexibility index (Phi) is 11.5. The summed E-state index contributed by atoms with van der Waals surface area (Å²) in [6, 6.07) is 24.5. The Morgan fingerprint density at radius 2 is 1.59 bits per heavy atom. The minimum atomic E-state index is -4.23. The van der Waals surface area contributed by atoms with Crippen LogP contribution in [0.5, 0.6) is 17.2 Å². The quantitative estimate of drug-likeness (QED) is 0.107. The molecule has 232 valence electrons. The highest BCUT2D eigenvalue weighted by Gasteiger charge is 2.35. The first-order valence-electron chi connectivity index (χ1n) is 14.3. The number of nitrogens with zero attached hydrogens (tertiary/aromatic N) is 1. The molecule has 0 bridgehead atoms. The van der Waals surface area contributed by atoms with Crippen molar-refractivity contribution >= 4 is 13.7 Å². The second-order valence-electron chi connectivity index (χ2n) is 10.4. The number of nitrogens with two attached hydrogens (primary N) is 1. The number of nitrogens with one attached hydrogen (secondary N) is 1. The van der Waals surface area contributed by atoms with Gasteiger partial charge in [0.2, 0.25) is 0 Å². The third kappa shape index (κ3) is 9.39. The molecule has 4 rings (SSSR count). The molecule has 1 aromatic heterocycles. The third-order valence-corrected chi connectivity index (χ3v) is 8.10. The van der Waals surface area contributed by atoms with Gasteiger partial charge in [-0.2, -0.15) is 5.09 Å². The van der Waals surface area contributed by atoms with E-state index in [1.165, 1.54) is 6.20 Å². The zero-order valence-electron chi connectivity index (χ0n) is 25.0. The number of rotatable bonds is 15. The molecule has 0 aliphatic carbocycles. The van der Waals surface area contributed by atoms with Crippen LogP contribution in [0.2, 0.25) is 0 Å². The molecule has 0 radical (unpaired) electrons. The Morgan fingerprint density at radius 3 is 2.23 bits per heavy atom. The molecule has 0 saturated heterocycles. The number of hydrogen-bond donors (Lipinski definition) is 3. The number of para-hydroxylation sites is 1. The van der Waals surface area contributed by atoms with Crippen molar-refractivity contribution in [1.82, 2.24) is 10.1 Å². The SMILES string of the molecule is Cc1ncc(COP(=O)(N[C@@H](Cc2ccc(OCc3ccccc3)cc2)C(=O)OC(C)C)Oc2ccccc2)c(CN)c1O. The summed E-state index contributed by atoms with van der Waals surface area (Å²) >= 11 is 0. The highest BCUT2D eigenvalue weighted by molar-refractivity contribution is 7.52. The van der Waals surface area contributed by atoms with Gasteiger partial charge in [-0.25, -0.2) is 4.57 Å². The second-order valence-corrected chi connectivity index (χ2v) is 12.1. The molecule has 2 atom stereocenters. The number of esters is 1. The fraction of sp³-hybridized carbons (Fsp3) is 0.273. The normalized spacial score (nSPS) is 13.2. The van der Waals surface area contributed by atoms with Crippen molar-refractivity contribution in [2.75, 3.05) is 0 Å². The van der Waals surface area contributed by atoms with Crippen LogP contribution in [0.3, 0.4) is 0 Å². The van der Waals surface area contributed by atoms with Crippen LogP contribution >= 0.6 is 7.75 Å². The number of ether oxygens (including phenoxy) is 2. The van der Waals surface area contributed by atoms with E-state index >= 15 is 0 Å². The average Bonchev–Trinajstić information content (AvgIpc) is 3.01. The van der Waals surface area contributed by atoms with Crippen LogP contribution in [0, 0.1) is 6.92 Å². The molecule has 0 saturated carbocycles. The smallest absolute Gasteiger partial charge is 0.459 e. The molecule has 0 spiro atoms. The van der Waals surface area contributed by atoms with E-state index in [0.29, 0.717) is 29.2 Å². The molecule has 0 aliphatic heterocycles. The van der Waals surface area contributed by atoms with Crippen LogP contribution in [-0.2, 0) is 44.8 Å². The van der Waals surface area contributed by atoms with Gasteiger partial charge in [0, 0.05) is 23.9 Å². The largest absolute Gasteiger partial charge is 0.506 e. The van der Waals surface area contributed by atoms with Gasteiger partial charge in [0.1, 0.15) is 29.9 Å². The molecule has 1 heterocycles. The van der Waals surface area contributed by atoms with Gasteiger partial charge in [0.25, 0.3) is 0 Å². The number of aryl methyl sites for hydroxylation is 1. The van der Waals surface area contributed by atoms with E-state index in [-0.39, 0.29) is 31.1 Å². The van der Waals surface area contributed by atoms with Gasteiger partial charge in [-0.3, -0.25) is 14.3 Å². The summed E-state index contributed by atoms with van der Waals surface area (Å²) < 4.78 is 37.4. The topological polar surface area (TPSA) is 142 Å². The zero-order chi connectivity index (χ0) is 31.5. The Morgan fingerprint density at radius 1 is 0.932 bits per heavy atom. The zero-order valence-corrected chi connectivity index (χ0v) is 25.9. The Bertz CT molecular complexity index is 1550. The lowest BCUT2D eigenvalue weighted by molar-refractivity contribution is -0.149. The van der Waals surface area contributed by atoms with Crippen LogP contribution in [-0.4, -0.2) is 28.2 Å². The number of hydrogen-bond acceptors (Lipinski definition) is 9. The van der Waals surface area contributed by atoms with E-state index < -0.39 is 25.9 Å². The Labute approximate surface area is 257 Å². The maximum absolute atomic E-state index is 14.3. The highest BCUT2D eigenvalue weighted by atomic mass is 31.2. The fourth-order valence-corrected chi connectivity index (χ4v) is 5.75. The summed E-state index contributed by atoms with van der Waals surface area (Å²) in [5, 5.41) is 13.3. The average molecular weight is 620 g/mol. The lowest BCUT2D eigenvalue weighted by Gasteiger charge is -2.26. The number of carbonyl (C=O) groups is 1. The van der Waals surface area contributed by atoms with E-state index in [4.69, 9.17) is 24.3 Å². The molecule has 0 fully saturated rings. The summed E-state index contributed by atoms with van der Waals surface area (Å²) in [5.74, 6) is 0.249. The van der Waals surface area contributed by atoms with Crippen molar-refractivity contribution in [1.29, 1.82) is 0 Å². The van der Waals surface area contributed by atoms with Crippen LogP contribution in [0.25, 0.3) is 0 Å². The lowest BCUT2D eigenvalue weighted by Crippen LogP contribution is -2.40. The molecule has 4 N–H and O–H groups in total. The first-order valence-corrected chi connectivity index (χ1v) is 15.8. The number of pyridine rings is 1. The van der Waals surface area contributed by atoms with E-state index in [2.05, 4.69) is 10.1 Å². The van der Waals surface area contributed by atoms with Gasteiger partial charge in [0.05, 0.1) is 18.4 Å². The predicted molar refractivity (Wildman–Crippen MR) is 167 cm³/mol. The minimum absolute atomic E-state index is 0.0134. The van der Waals surface area contributed by atoms with Gasteiger partial charge in [-0.15, -0.1) is 0 Å². The van der Waals surface area contributed by atoms with Crippen LogP contribution < -0.4 is 20.1 Å². The molecule has 3 aromatic carbocycles. The first kappa shape index (κ1) is 32.7. The third-order valence-electron chi connectivity index (χ3n) is 6.55. The van der Waals surface area contributed by atoms with Gasteiger partial charge in [0.15, 0.2) is 0 Å². The molecule has 4 aromatic rings. The van der Waals surface area contributed by atoms with Crippen LogP contribution in [0.1, 0.15) is 41.8 Å². The molecule has 44 heavy (non-hydrogen) atoms. The molecular weight excluding hydrogens is 581 g/mol. The van der Waals surface area contributed by atoms with Gasteiger partial charge < -0.3 is 24.8 Å². The van der Waals surface area contributed by atoms with E-state index in [9.17, 15) is 14.5 Å². The van der Waals surface area contributed by atoms with E-state index in [1.807, 2.05) is 54.6 Å². The number of benzene rings is 3. The van der Waals surface area contributed by atoms with Crippen molar-refractivity contribution in [2.45, 2.75) is 59.1 Å². The summed E-state index contributed by atoms with van der Waals surface area (Å²) in [6.07, 6.45) is 1.21. The highest BCUT2D eigenvalue weighted by Crippen LogP contribution is 2.46. The van der Waals surface area contributed by atoms with Gasteiger partial charge in [-0.05, 0) is 62.6 Å². The van der Waals surface area contributed by atoms with Crippen molar-refractivity contribution in [3.63, 3.8) is 0 Å². The van der Waals surface area contributed by atoms with Crippen molar-refractivity contribution in [2.24, 2.45) is 5.73 Å². The first-order chi connectivity index (χ1) is 21.2. The maximum atomic E-state index is 14.3. The van der Waals surface area contributed by atoms with Crippen LogP contribution in [0.15, 0.2) is 91.1 Å². The molecule has 0 amide bonds. The lowest BCUT2D eigenvalue weighted by atomic mass is 10.1. The second kappa shape index (κ2) is 15.5. The number of aromatic nitrogens is 1. The standard InChI is InChI=1S/C33H38N3O7P/c1-23(2)42-33(38)31(18-25-14-16-28(17-15-25)40-21-26-10-6-4-7-11-26)36-44(39,43-29-12-8-5-9-13-29)41-22-27-20-35-24(3)32(37)30(27)19-34/h4-17,20,23,31,37H,18-19,21-22,34H2,1-3H3,(H,36,39)/t31-,44?/m0/s1. The Hall–Kier alpha value is -4.21. The molecule has 0 aliphatic rings. The van der Waals surface area contributed by atoms with E-state index in [0.717, 1.165) is 11.1 Å². The predicted octanol–water partition coefficient (Wildman–Crippen LogP) is 5.99. The Balaban J connectivity index is 1.56. The number of carbonyl (C=O) groups excluding carboxylic acids is 1. The van der Waals surface area contributed by atoms with Crippen molar-refractivity contribution in [3.05, 3.63) is 119 Å². The molecule has 11 heteroatoms. The summed E-state index contributed by atoms with van der Waals surface area (Å²) in [7, 11) is -4.23. The molecule has 10 nitrogen and oxygen atoms in total. The summed E-state index contributed by atoms with van der Waals surface area (Å²) in [4.78, 5) is 17.4. The minimum Gasteiger partial charge on any atom is -0.506 e. The van der Waals surface area contributed by atoms with Crippen molar-refractivity contribution in [3.8, 4) is 17.2 Å². The molecular formula is C33H38N3O7P. The summed E-state index contributed by atoms with van der Waals surface area (Å²) in [5.41, 5.74) is 8.92. The monoisotopic (exact) mass is 619 g/mol. The number of aromatic hydroxyl groups is 1. The maximum Gasteiger partial charge on any atom is 0.459 e.